The number of likely N-dealkylation sites (N-methyl/N-ethyl adjacent to an activating group) is 1. The fraction of sp³-hybridized carbons (Fsp3) is 0.562. The summed E-state index contributed by atoms with van der Waals surface area (Å²) < 4.78 is 18.2. The fourth-order valence-corrected chi connectivity index (χ4v) is 1.95. The third kappa shape index (κ3) is 7.09. The first-order valence-corrected chi connectivity index (χ1v) is 7.35. The van der Waals surface area contributed by atoms with Crippen molar-refractivity contribution in [3.8, 4) is 5.75 Å². The normalized spacial score (nSPS) is 12.0. The van der Waals surface area contributed by atoms with E-state index in [1.54, 1.807) is 24.1 Å². The summed E-state index contributed by atoms with van der Waals surface area (Å²) in [6.45, 7) is 3.68. The third-order valence-electron chi connectivity index (χ3n) is 3.45. The van der Waals surface area contributed by atoms with Gasteiger partial charge in [0.15, 0.2) is 0 Å². The van der Waals surface area contributed by atoms with Crippen LogP contribution in [0.1, 0.15) is 26.2 Å². The van der Waals surface area contributed by atoms with Gasteiger partial charge in [0.25, 0.3) is 0 Å². The predicted molar refractivity (Wildman–Crippen MR) is 81.6 cm³/mol. The number of benzene rings is 1. The number of hydrogen-bond acceptors (Lipinski definition) is 3. The van der Waals surface area contributed by atoms with Crippen LogP contribution in [0.25, 0.3) is 0 Å². The second kappa shape index (κ2) is 9.34. The number of rotatable bonds is 9. The van der Waals surface area contributed by atoms with Crippen LogP contribution in [0, 0.1) is 11.7 Å². The molecule has 1 rings (SSSR count). The quantitative estimate of drug-likeness (QED) is 0.761. The van der Waals surface area contributed by atoms with Gasteiger partial charge in [0.2, 0.25) is 5.91 Å². The van der Waals surface area contributed by atoms with E-state index in [0.29, 0.717) is 37.8 Å². The Morgan fingerprint density at radius 1 is 1.33 bits per heavy atom. The number of carbonyl (C=O) groups is 1. The van der Waals surface area contributed by atoms with Crippen molar-refractivity contribution in [2.75, 3.05) is 26.7 Å². The molecule has 1 aromatic carbocycles. The van der Waals surface area contributed by atoms with Gasteiger partial charge in [-0.3, -0.25) is 4.79 Å². The van der Waals surface area contributed by atoms with E-state index in [1.165, 1.54) is 12.1 Å². The number of ether oxygens (including phenoxy) is 1. The lowest BCUT2D eigenvalue weighted by Crippen LogP contribution is -2.31. The van der Waals surface area contributed by atoms with Gasteiger partial charge >= 0.3 is 0 Å². The molecule has 0 bridgehead atoms. The molecule has 0 heterocycles. The highest BCUT2D eigenvalue weighted by Crippen LogP contribution is 2.12. The lowest BCUT2D eigenvalue weighted by atomic mass is 10.0. The average Bonchev–Trinajstić information content (AvgIpc) is 2.47. The van der Waals surface area contributed by atoms with Gasteiger partial charge in [0.1, 0.15) is 18.2 Å². The second-order valence-corrected chi connectivity index (χ2v) is 5.34. The Bertz CT molecular complexity index is 423. The van der Waals surface area contributed by atoms with E-state index >= 15 is 0 Å². The van der Waals surface area contributed by atoms with E-state index in [4.69, 9.17) is 10.5 Å². The Labute approximate surface area is 126 Å². The SMILES string of the molecule is CC(CCN)CCC(=O)N(C)CCOc1ccc(F)cc1. The van der Waals surface area contributed by atoms with E-state index in [2.05, 4.69) is 6.92 Å². The summed E-state index contributed by atoms with van der Waals surface area (Å²) in [5, 5.41) is 0. The minimum Gasteiger partial charge on any atom is -0.492 e. The van der Waals surface area contributed by atoms with Gasteiger partial charge in [0, 0.05) is 13.5 Å². The van der Waals surface area contributed by atoms with Crippen LogP contribution in [0.15, 0.2) is 24.3 Å². The molecule has 5 heteroatoms. The standard InChI is InChI=1S/C16H25FN2O2/c1-13(9-10-18)3-8-16(20)19(2)11-12-21-15-6-4-14(17)5-7-15/h4-7,13H,3,8-12,18H2,1-2H3. The molecule has 4 nitrogen and oxygen atoms in total. The molecule has 0 spiro atoms. The fourth-order valence-electron chi connectivity index (χ4n) is 1.95. The van der Waals surface area contributed by atoms with E-state index in [9.17, 15) is 9.18 Å². The Balaban J connectivity index is 2.21. The minimum atomic E-state index is -0.291. The van der Waals surface area contributed by atoms with Crippen molar-refractivity contribution in [1.29, 1.82) is 0 Å². The van der Waals surface area contributed by atoms with E-state index in [1.807, 2.05) is 0 Å². The Hall–Kier alpha value is -1.62. The molecule has 0 fully saturated rings. The Morgan fingerprint density at radius 3 is 2.62 bits per heavy atom. The summed E-state index contributed by atoms with van der Waals surface area (Å²) in [6.07, 6.45) is 2.35. The number of carbonyl (C=O) groups excluding carboxylic acids is 1. The number of nitrogens with zero attached hydrogens (tertiary/aromatic N) is 1. The zero-order chi connectivity index (χ0) is 15.7. The molecule has 1 atom stereocenters. The van der Waals surface area contributed by atoms with Crippen LogP contribution in [0.5, 0.6) is 5.75 Å². The van der Waals surface area contributed by atoms with Crippen LogP contribution >= 0.6 is 0 Å². The number of hydrogen-bond donors (Lipinski definition) is 1. The van der Waals surface area contributed by atoms with Crippen LogP contribution in [0.3, 0.4) is 0 Å². The van der Waals surface area contributed by atoms with E-state index in [0.717, 1.165) is 12.8 Å². The molecule has 1 aromatic rings. The second-order valence-electron chi connectivity index (χ2n) is 5.34. The largest absolute Gasteiger partial charge is 0.492 e. The number of nitrogens with two attached hydrogens (primary N) is 1. The van der Waals surface area contributed by atoms with Crippen molar-refractivity contribution in [3.63, 3.8) is 0 Å². The summed E-state index contributed by atoms with van der Waals surface area (Å²) in [5.41, 5.74) is 5.49. The smallest absolute Gasteiger partial charge is 0.222 e. The molecular formula is C16H25FN2O2. The van der Waals surface area contributed by atoms with Crippen molar-refractivity contribution in [2.45, 2.75) is 26.2 Å². The predicted octanol–water partition coefficient (Wildman–Crippen LogP) is 2.43. The minimum absolute atomic E-state index is 0.113. The highest BCUT2D eigenvalue weighted by Gasteiger charge is 2.10. The van der Waals surface area contributed by atoms with Crippen LogP contribution in [-0.2, 0) is 4.79 Å². The first-order valence-electron chi connectivity index (χ1n) is 7.35. The summed E-state index contributed by atoms with van der Waals surface area (Å²) in [6, 6.07) is 5.85. The topological polar surface area (TPSA) is 55.6 Å². The number of halogens is 1. The molecule has 0 aliphatic heterocycles. The maximum atomic E-state index is 12.7. The van der Waals surface area contributed by atoms with Gasteiger partial charge in [-0.1, -0.05) is 6.92 Å². The molecule has 0 aliphatic carbocycles. The molecule has 0 aromatic heterocycles. The Morgan fingerprint density at radius 2 is 2.00 bits per heavy atom. The van der Waals surface area contributed by atoms with Gasteiger partial charge in [-0.05, 0) is 49.6 Å². The van der Waals surface area contributed by atoms with Gasteiger partial charge < -0.3 is 15.4 Å². The summed E-state index contributed by atoms with van der Waals surface area (Å²) >= 11 is 0. The van der Waals surface area contributed by atoms with Crippen molar-refractivity contribution in [3.05, 3.63) is 30.1 Å². The summed E-state index contributed by atoms with van der Waals surface area (Å²) in [5.74, 6) is 0.902. The van der Waals surface area contributed by atoms with Crippen LogP contribution in [-0.4, -0.2) is 37.6 Å². The zero-order valence-electron chi connectivity index (χ0n) is 12.8. The summed E-state index contributed by atoms with van der Waals surface area (Å²) in [7, 11) is 1.77. The molecule has 1 unspecified atom stereocenters. The van der Waals surface area contributed by atoms with Crippen molar-refractivity contribution in [1.82, 2.24) is 4.90 Å². The van der Waals surface area contributed by atoms with Crippen molar-refractivity contribution in [2.24, 2.45) is 11.7 Å². The van der Waals surface area contributed by atoms with Gasteiger partial charge in [0.05, 0.1) is 6.54 Å². The highest BCUT2D eigenvalue weighted by atomic mass is 19.1. The molecule has 0 aliphatic rings. The maximum absolute atomic E-state index is 12.7. The lowest BCUT2D eigenvalue weighted by molar-refractivity contribution is -0.130. The van der Waals surface area contributed by atoms with Crippen LogP contribution in [0.4, 0.5) is 4.39 Å². The third-order valence-corrected chi connectivity index (χ3v) is 3.45. The molecule has 0 saturated carbocycles. The first kappa shape index (κ1) is 17.4. The highest BCUT2D eigenvalue weighted by molar-refractivity contribution is 5.75. The average molecular weight is 296 g/mol. The van der Waals surface area contributed by atoms with Crippen molar-refractivity contribution >= 4 is 5.91 Å². The van der Waals surface area contributed by atoms with Gasteiger partial charge in [-0.15, -0.1) is 0 Å². The maximum Gasteiger partial charge on any atom is 0.222 e. The van der Waals surface area contributed by atoms with E-state index < -0.39 is 0 Å². The monoisotopic (exact) mass is 296 g/mol. The van der Waals surface area contributed by atoms with Crippen LogP contribution in [0.2, 0.25) is 0 Å². The number of amides is 1. The van der Waals surface area contributed by atoms with Gasteiger partial charge in [-0.25, -0.2) is 4.39 Å². The molecule has 0 saturated heterocycles. The lowest BCUT2D eigenvalue weighted by Gasteiger charge is -2.18. The molecule has 1 amide bonds. The molecule has 2 N–H and O–H groups in total. The van der Waals surface area contributed by atoms with Crippen molar-refractivity contribution < 1.29 is 13.9 Å². The van der Waals surface area contributed by atoms with Crippen LogP contribution < -0.4 is 10.5 Å². The first-order chi connectivity index (χ1) is 10.0. The molecule has 21 heavy (non-hydrogen) atoms. The zero-order valence-corrected chi connectivity index (χ0v) is 12.8. The molecule has 0 radical (unpaired) electrons. The Kier molecular flexibility index (Phi) is 7.75. The molecule has 118 valence electrons. The van der Waals surface area contributed by atoms with E-state index in [-0.39, 0.29) is 11.7 Å². The summed E-state index contributed by atoms with van der Waals surface area (Å²) in [4.78, 5) is 13.6. The van der Waals surface area contributed by atoms with Gasteiger partial charge in [-0.2, -0.15) is 0 Å². The molecular weight excluding hydrogens is 271 g/mol.